The predicted molar refractivity (Wildman–Crippen MR) is 100 cm³/mol. The molecule has 0 aliphatic rings. The maximum atomic E-state index is 14.3. The lowest BCUT2D eigenvalue weighted by molar-refractivity contribution is 0.0964. The van der Waals surface area contributed by atoms with E-state index in [0.717, 1.165) is 0 Å². The summed E-state index contributed by atoms with van der Waals surface area (Å²) in [4.78, 5) is 12.4. The Balaban J connectivity index is 1.73. The average Bonchev–Trinajstić information content (AvgIpc) is 3.11. The van der Waals surface area contributed by atoms with E-state index in [1.807, 2.05) is 0 Å². The molecule has 28 heavy (non-hydrogen) atoms. The molecule has 3 aromatic carbocycles. The number of furan rings is 1. The van der Waals surface area contributed by atoms with Gasteiger partial charge in [-0.2, -0.15) is 0 Å². The van der Waals surface area contributed by atoms with Crippen LogP contribution in [0.25, 0.3) is 22.3 Å². The van der Waals surface area contributed by atoms with Crippen molar-refractivity contribution in [2.75, 3.05) is 7.05 Å². The number of carbonyl (C=O) groups is 1. The maximum Gasteiger partial charge on any atom is 0.255 e. The summed E-state index contributed by atoms with van der Waals surface area (Å²) in [6, 6.07) is 17.8. The van der Waals surface area contributed by atoms with Crippen molar-refractivity contribution in [2.24, 2.45) is 0 Å². The van der Waals surface area contributed by atoms with Crippen molar-refractivity contribution in [2.45, 2.75) is 0 Å². The largest absolute Gasteiger partial charge is 0.457 e. The van der Waals surface area contributed by atoms with Crippen LogP contribution >= 0.6 is 0 Å². The van der Waals surface area contributed by atoms with Crippen LogP contribution in [-0.4, -0.2) is 13.0 Å². The Hall–Kier alpha value is -3.67. The van der Waals surface area contributed by atoms with Gasteiger partial charge >= 0.3 is 0 Å². The average molecular weight is 378 g/mol. The maximum absolute atomic E-state index is 14.3. The van der Waals surface area contributed by atoms with Gasteiger partial charge in [0.25, 0.3) is 5.91 Å². The van der Waals surface area contributed by atoms with Gasteiger partial charge in [0.05, 0.1) is 10.9 Å². The van der Waals surface area contributed by atoms with Crippen molar-refractivity contribution in [1.82, 2.24) is 5.32 Å². The Bertz CT molecular complexity index is 1150. The second kappa shape index (κ2) is 7.15. The third-order valence-electron chi connectivity index (χ3n) is 4.22. The molecule has 1 N–H and O–H groups in total. The van der Waals surface area contributed by atoms with Crippen LogP contribution < -0.4 is 10.1 Å². The Morgan fingerprint density at radius 3 is 2.29 bits per heavy atom. The zero-order chi connectivity index (χ0) is 19.7. The summed E-state index contributed by atoms with van der Waals surface area (Å²) in [5, 5.41) is 2.60. The fourth-order valence-corrected chi connectivity index (χ4v) is 2.90. The highest BCUT2D eigenvalue weighted by Crippen LogP contribution is 2.36. The number of benzene rings is 3. The van der Waals surface area contributed by atoms with Crippen molar-refractivity contribution in [1.29, 1.82) is 0 Å². The molecule has 0 unspecified atom stereocenters. The van der Waals surface area contributed by atoms with Crippen molar-refractivity contribution < 1.29 is 22.7 Å². The quantitative estimate of drug-likeness (QED) is 0.522. The molecule has 1 radical (unpaired) electrons. The third kappa shape index (κ3) is 3.20. The van der Waals surface area contributed by atoms with Crippen LogP contribution in [0.15, 0.2) is 65.1 Å². The molecule has 0 fully saturated rings. The molecular formula is C22H14F2NO3. The lowest BCUT2D eigenvalue weighted by Crippen LogP contribution is -2.18. The number of nitrogens with one attached hydrogen (secondary N) is 1. The predicted octanol–water partition coefficient (Wildman–Crippen LogP) is 5.33. The van der Waals surface area contributed by atoms with E-state index in [1.54, 1.807) is 30.3 Å². The van der Waals surface area contributed by atoms with Crippen LogP contribution in [0, 0.1) is 17.7 Å². The lowest BCUT2D eigenvalue weighted by Gasteiger charge is -2.07. The monoisotopic (exact) mass is 378 g/mol. The van der Waals surface area contributed by atoms with Crippen molar-refractivity contribution >= 4 is 16.9 Å². The Morgan fingerprint density at radius 1 is 1.00 bits per heavy atom. The number of hydrogen-bond donors (Lipinski definition) is 1. The summed E-state index contributed by atoms with van der Waals surface area (Å²) in [5.41, 5.74) is 0.955. The van der Waals surface area contributed by atoms with Crippen molar-refractivity contribution in [3.8, 4) is 22.8 Å². The minimum absolute atomic E-state index is 0.0866. The molecule has 1 aromatic heterocycles. The van der Waals surface area contributed by atoms with Gasteiger partial charge in [0.2, 0.25) is 0 Å². The molecule has 0 aliphatic carbocycles. The van der Waals surface area contributed by atoms with E-state index in [9.17, 15) is 13.6 Å². The van der Waals surface area contributed by atoms with Gasteiger partial charge in [0.15, 0.2) is 0 Å². The van der Waals surface area contributed by atoms with Gasteiger partial charge in [-0.25, -0.2) is 8.78 Å². The fraction of sp³-hybridized carbons (Fsp3) is 0.0455. The highest BCUT2D eigenvalue weighted by Gasteiger charge is 2.23. The summed E-state index contributed by atoms with van der Waals surface area (Å²) >= 11 is 0. The van der Waals surface area contributed by atoms with E-state index < -0.39 is 11.7 Å². The number of halogens is 2. The molecule has 0 saturated carbocycles. The van der Waals surface area contributed by atoms with E-state index in [-0.39, 0.29) is 28.1 Å². The summed E-state index contributed by atoms with van der Waals surface area (Å²) < 4.78 is 38.7. The van der Waals surface area contributed by atoms with Crippen LogP contribution in [0.2, 0.25) is 0 Å². The summed E-state index contributed by atoms with van der Waals surface area (Å²) in [6.45, 7) is 0. The number of fused-ring (bicyclic) bond motifs is 1. The minimum atomic E-state index is -0.651. The number of hydrogen-bond acceptors (Lipinski definition) is 3. The van der Waals surface area contributed by atoms with Gasteiger partial charge < -0.3 is 14.5 Å². The molecule has 4 aromatic rings. The van der Waals surface area contributed by atoms with Gasteiger partial charge in [-0.05, 0) is 60.7 Å². The van der Waals surface area contributed by atoms with Gasteiger partial charge in [-0.15, -0.1) is 0 Å². The minimum Gasteiger partial charge on any atom is -0.457 e. The van der Waals surface area contributed by atoms with E-state index in [4.69, 9.17) is 9.15 Å². The first-order valence-corrected chi connectivity index (χ1v) is 8.45. The Labute approximate surface area is 159 Å². The number of rotatable bonds is 4. The highest BCUT2D eigenvalue weighted by molar-refractivity contribution is 6.11. The number of ether oxygens (including phenoxy) is 1. The van der Waals surface area contributed by atoms with Crippen LogP contribution in [-0.2, 0) is 0 Å². The van der Waals surface area contributed by atoms with E-state index in [0.29, 0.717) is 17.1 Å². The topological polar surface area (TPSA) is 51.5 Å². The van der Waals surface area contributed by atoms with Crippen LogP contribution in [0.4, 0.5) is 8.78 Å². The lowest BCUT2D eigenvalue weighted by atomic mass is 10.0. The molecule has 0 aliphatic heterocycles. The first kappa shape index (κ1) is 17.7. The van der Waals surface area contributed by atoms with Gasteiger partial charge in [0.1, 0.15) is 34.5 Å². The Morgan fingerprint density at radius 2 is 1.64 bits per heavy atom. The SMILES string of the molecule is CNC(=O)c1c(-c2ccc(Oc3ccc(F)cc3)cc2)oc2cc[c]c(F)c12. The standard InChI is InChI=1S/C22H14F2NO3/c1-25-22(26)20-19-17(24)3-2-4-18(19)28-21(20)13-5-9-15(10-6-13)27-16-11-7-14(23)8-12-16/h2,4-12H,1H3,(H,25,26). The third-order valence-corrected chi connectivity index (χ3v) is 4.22. The summed E-state index contributed by atoms with van der Waals surface area (Å²) in [5.74, 6) is -0.199. The first-order chi connectivity index (χ1) is 13.6. The molecular weight excluding hydrogens is 364 g/mol. The summed E-state index contributed by atoms with van der Waals surface area (Å²) in [6.07, 6.45) is 0. The molecule has 1 amide bonds. The normalized spacial score (nSPS) is 10.8. The fourth-order valence-electron chi connectivity index (χ4n) is 2.90. The van der Waals surface area contributed by atoms with Crippen LogP contribution in [0.1, 0.15) is 10.4 Å². The zero-order valence-electron chi connectivity index (χ0n) is 14.8. The number of carbonyl (C=O) groups excluding carboxylic acids is 1. The molecule has 4 rings (SSSR count). The molecule has 0 atom stereocenters. The van der Waals surface area contributed by atoms with Crippen LogP contribution in [0.3, 0.4) is 0 Å². The summed E-state index contributed by atoms with van der Waals surface area (Å²) in [7, 11) is 1.47. The van der Waals surface area contributed by atoms with E-state index in [2.05, 4.69) is 11.4 Å². The molecule has 0 spiro atoms. The van der Waals surface area contributed by atoms with Gasteiger partial charge in [-0.1, -0.05) is 0 Å². The second-order valence-corrected chi connectivity index (χ2v) is 6.00. The number of amides is 1. The zero-order valence-corrected chi connectivity index (χ0v) is 14.8. The highest BCUT2D eigenvalue weighted by atomic mass is 19.1. The van der Waals surface area contributed by atoms with E-state index in [1.165, 1.54) is 37.4 Å². The smallest absolute Gasteiger partial charge is 0.255 e. The molecule has 6 heteroatoms. The van der Waals surface area contributed by atoms with Gasteiger partial charge in [-0.3, -0.25) is 4.79 Å². The van der Waals surface area contributed by atoms with Crippen molar-refractivity contribution in [3.63, 3.8) is 0 Å². The Kier molecular flexibility index (Phi) is 4.53. The molecule has 0 saturated heterocycles. The van der Waals surface area contributed by atoms with E-state index >= 15 is 0 Å². The molecule has 4 nitrogen and oxygen atoms in total. The molecule has 1 heterocycles. The molecule has 139 valence electrons. The van der Waals surface area contributed by atoms with Crippen LogP contribution in [0.5, 0.6) is 11.5 Å². The second-order valence-electron chi connectivity index (χ2n) is 6.00. The molecule has 0 bridgehead atoms. The van der Waals surface area contributed by atoms with Crippen molar-refractivity contribution in [3.05, 3.63) is 83.9 Å². The first-order valence-electron chi connectivity index (χ1n) is 8.45. The van der Waals surface area contributed by atoms with Gasteiger partial charge in [0, 0.05) is 18.7 Å².